The number of para-hydroxylation sites is 3. The van der Waals surface area contributed by atoms with Crippen LogP contribution in [0.15, 0.2) is 219 Å². The molecule has 3 heterocycles. The van der Waals surface area contributed by atoms with Gasteiger partial charge in [0.1, 0.15) is 17.3 Å². The van der Waals surface area contributed by atoms with Crippen LogP contribution in [-0.2, 0) is 16.2 Å². The Labute approximate surface area is 463 Å². The van der Waals surface area contributed by atoms with Gasteiger partial charge in [-0.15, -0.1) is 0 Å². The van der Waals surface area contributed by atoms with Crippen LogP contribution in [0.1, 0.15) is 87.7 Å². The summed E-state index contributed by atoms with van der Waals surface area (Å²) in [6.45, 7) is 13.5. The lowest BCUT2D eigenvalue weighted by Crippen LogP contribution is -2.33. The summed E-state index contributed by atoms with van der Waals surface area (Å²) in [6.07, 6.45) is 3.92. The van der Waals surface area contributed by atoms with Crippen LogP contribution in [0.3, 0.4) is 0 Å². The highest BCUT2D eigenvalue weighted by atomic mass is 16.5. The molecule has 13 rings (SSSR count). The largest absolute Gasteiger partial charge is 0.503 e. The van der Waals surface area contributed by atoms with Gasteiger partial charge < -0.3 is 4.74 Å². The molecule has 0 saturated carbocycles. The average Bonchev–Trinajstić information content (AvgIpc) is 4.10. The van der Waals surface area contributed by atoms with Crippen LogP contribution in [0.2, 0.25) is 0 Å². The molecule has 0 spiro atoms. The maximum Gasteiger partial charge on any atom is 0.503 e. The monoisotopic (exact) mass is 1020 g/mol. The molecule has 2 aromatic heterocycles. The van der Waals surface area contributed by atoms with Gasteiger partial charge in [-0.25, -0.2) is 4.98 Å². The van der Waals surface area contributed by atoms with Gasteiger partial charge in [0.2, 0.25) is 11.4 Å². The van der Waals surface area contributed by atoms with Crippen LogP contribution >= 0.6 is 0 Å². The third-order valence-electron chi connectivity index (χ3n) is 16.4. The number of hydrogen-bond acceptors (Lipinski definition) is 2. The Bertz CT molecular complexity index is 4370. The van der Waals surface area contributed by atoms with Crippen LogP contribution in [0, 0.1) is 6.85 Å². The highest BCUT2D eigenvalue weighted by molar-refractivity contribution is 6.10. The van der Waals surface area contributed by atoms with E-state index in [-0.39, 0.29) is 21.8 Å². The maximum absolute atomic E-state index is 8.96. The molecule has 1 aliphatic heterocycles. The standard InChI is InChI=1S/C73H64N4O/c1-48-41-69(74-46-62(48)53-33-37-63-64(42-53)73(7,8)40-39-72(63,5)6)77-65-38-34-54(71(2,3)4)43-61(65)60-36-35-57(45-68(60)77)78-56-24-17-23-55(44-56)75-47-76(67-28-16-15-27-66(67)75)70-58(51-21-13-10-14-22-51)25-18-26-59(70)52-31-29-50(30-32-52)49-19-11-9-12-20-49/h9-38,41-46H,39-40H2,1-8H3/q+2/i1D3. The lowest BCUT2D eigenvalue weighted by atomic mass is 9.63. The van der Waals surface area contributed by atoms with E-state index in [1.54, 1.807) is 12.3 Å². The fraction of sp³-hybridized carbons (Fsp3) is 0.178. The number of pyridine rings is 1. The van der Waals surface area contributed by atoms with Gasteiger partial charge in [0, 0.05) is 50.9 Å². The highest BCUT2D eigenvalue weighted by Gasteiger charge is 2.40. The molecule has 5 nitrogen and oxygen atoms in total. The fourth-order valence-corrected chi connectivity index (χ4v) is 11.9. The molecule has 0 amide bonds. The second kappa shape index (κ2) is 18.7. The molecule has 0 radical (unpaired) electrons. The SMILES string of the molecule is [2H]C([2H])([2H])c1cc(-n2c3ccc(C(C)(C)C)cc3c3ccc(Oc4cccc([N+]5=C=[N+](c6c(-c7ccccc7)cccc6-c6ccc(-c7ccccc7)cc6)c6ccccc65)c4)cc32)ncc1-c1ccc2c(c1)C(C)(C)CCC2(C)C. The van der Waals surface area contributed by atoms with Gasteiger partial charge in [-0.2, -0.15) is 0 Å². The molecule has 0 atom stereocenters. The van der Waals surface area contributed by atoms with Gasteiger partial charge in [0.05, 0.1) is 28.2 Å². The number of ether oxygens (including phenoxy) is 1. The van der Waals surface area contributed by atoms with Gasteiger partial charge in [-0.05, 0) is 144 Å². The van der Waals surface area contributed by atoms with Crippen LogP contribution < -0.4 is 13.9 Å². The van der Waals surface area contributed by atoms with Crippen molar-refractivity contribution >= 4 is 50.6 Å². The maximum atomic E-state index is 8.96. The molecule has 1 aliphatic carbocycles. The van der Waals surface area contributed by atoms with E-state index in [4.69, 9.17) is 13.8 Å². The fourth-order valence-electron chi connectivity index (χ4n) is 11.9. The van der Waals surface area contributed by atoms with Crippen molar-refractivity contribution in [2.75, 3.05) is 0 Å². The van der Waals surface area contributed by atoms with E-state index in [1.165, 1.54) is 22.3 Å². The van der Waals surface area contributed by atoms with Crippen molar-refractivity contribution in [3.63, 3.8) is 0 Å². The van der Waals surface area contributed by atoms with Crippen molar-refractivity contribution in [2.45, 2.75) is 84.4 Å². The summed E-state index contributed by atoms with van der Waals surface area (Å²) < 4.78 is 40.2. The molecule has 0 bridgehead atoms. The van der Waals surface area contributed by atoms with Crippen molar-refractivity contribution in [1.82, 2.24) is 18.7 Å². The molecule has 0 N–H and O–H groups in total. The molecule has 0 unspecified atom stereocenters. The minimum Gasteiger partial charge on any atom is -0.457 e. The number of nitrogens with zero attached hydrogens (tertiary/aromatic N) is 4. The molecule has 2 aliphatic rings. The first-order valence-electron chi connectivity index (χ1n) is 28.7. The van der Waals surface area contributed by atoms with E-state index in [1.807, 2.05) is 24.3 Å². The Kier molecular flexibility index (Phi) is 10.9. The van der Waals surface area contributed by atoms with Crippen LogP contribution in [0.5, 0.6) is 11.5 Å². The van der Waals surface area contributed by atoms with Crippen molar-refractivity contribution in [3.05, 3.63) is 241 Å². The van der Waals surface area contributed by atoms with Crippen LogP contribution in [0.4, 0.5) is 22.7 Å². The summed E-state index contributed by atoms with van der Waals surface area (Å²) in [5, 5.41) is 2.06. The Balaban J connectivity index is 0.918. The number of fused-ring (bicyclic) bond motifs is 5. The summed E-state index contributed by atoms with van der Waals surface area (Å²) in [5.41, 5.74) is 17.8. The predicted octanol–water partition coefficient (Wildman–Crippen LogP) is 19.5. The summed E-state index contributed by atoms with van der Waals surface area (Å²) in [7, 11) is 0. The van der Waals surface area contributed by atoms with Crippen molar-refractivity contribution in [2.24, 2.45) is 0 Å². The number of aryl methyl sites for hydroxylation is 1. The zero-order valence-corrected chi connectivity index (χ0v) is 45.4. The van der Waals surface area contributed by atoms with E-state index in [0.717, 1.165) is 90.8 Å². The van der Waals surface area contributed by atoms with Crippen LogP contribution in [0.25, 0.3) is 72.1 Å². The van der Waals surface area contributed by atoms with Gasteiger partial charge in [0.15, 0.2) is 0 Å². The minimum absolute atomic E-state index is 0.0335. The zero-order chi connectivity index (χ0) is 56.0. The van der Waals surface area contributed by atoms with Gasteiger partial charge in [-0.1, -0.05) is 182 Å². The molecule has 78 heavy (non-hydrogen) atoms. The lowest BCUT2D eigenvalue weighted by Gasteiger charge is -2.42. The molecule has 5 heteroatoms. The molecule has 11 aromatic rings. The first kappa shape index (κ1) is 45.3. The third-order valence-corrected chi connectivity index (χ3v) is 16.4. The van der Waals surface area contributed by atoms with E-state index < -0.39 is 6.85 Å². The van der Waals surface area contributed by atoms with Gasteiger partial charge in [0.25, 0.3) is 11.4 Å². The second-order valence-electron chi connectivity index (χ2n) is 23.5. The first-order valence-corrected chi connectivity index (χ1v) is 27.2. The van der Waals surface area contributed by atoms with Crippen molar-refractivity contribution in [1.29, 1.82) is 0 Å². The lowest BCUT2D eigenvalue weighted by molar-refractivity contribution is 0.332. The molecule has 0 saturated heterocycles. The van der Waals surface area contributed by atoms with Gasteiger partial charge >= 0.3 is 6.01 Å². The Hall–Kier alpha value is -8.89. The number of rotatable bonds is 9. The van der Waals surface area contributed by atoms with Gasteiger partial charge in [-0.3, -0.25) is 4.57 Å². The summed E-state index contributed by atoms with van der Waals surface area (Å²) in [5.74, 6) is 1.80. The predicted molar refractivity (Wildman–Crippen MR) is 326 cm³/mol. The normalized spacial score (nSPS) is 15.2. The minimum atomic E-state index is -2.42. The van der Waals surface area contributed by atoms with Crippen LogP contribution in [-0.4, -0.2) is 15.6 Å². The number of hydrogen-bond donors (Lipinski definition) is 0. The highest BCUT2D eigenvalue weighted by Crippen LogP contribution is 2.48. The summed E-state index contributed by atoms with van der Waals surface area (Å²) in [4.78, 5) is 5.15. The van der Waals surface area contributed by atoms with E-state index in [2.05, 4.69) is 250 Å². The Morgan fingerprint density at radius 2 is 1.13 bits per heavy atom. The molecule has 380 valence electrons. The molecule has 0 fully saturated rings. The van der Waals surface area contributed by atoms with E-state index >= 15 is 0 Å². The molecular weight excluding hydrogens is 949 g/mol. The van der Waals surface area contributed by atoms with E-state index in [9.17, 15) is 0 Å². The molecular formula is C73H64N4O+2. The third kappa shape index (κ3) is 8.56. The van der Waals surface area contributed by atoms with Crippen molar-refractivity contribution in [3.8, 4) is 61.8 Å². The number of benzene rings is 9. The molecule has 9 aromatic carbocycles. The van der Waals surface area contributed by atoms with Crippen molar-refractivity contribution < 1.29 is 8.85 Å². The average molecular weight is 1020 g/mol. The Morgan fingerprint density at radius 1 is 0.513 bits per heavy atom. The first-order chi connectivity index (χ1) is 38.9. The quantitative estimate of drug-likeness (QED) is 0.135. The van der Waals surface area contributed by atoms with E-state index in [0.29, 0.717) is 22.9 Å². The zero-order valence-electron chi connectivity index (χ0n) is 48.4. The smallest absolute Gasteiger partial charge is 0.457 e. The summed E-state index contributed by atoms with van der Waals surface area (Å²) >= 11 is 0. The topological polar surface area (TPSA) is 33.1 Å². The Morgan fingerprint density at radius 3 is 1.85 bits per heavy atom. The second-order valence-corrected chi connectivity index (χ2v) is 23.5. The number of aromatic nitrogens is 2. The summed E-state index contributed by atoms with van der Waals surface area (Å²) in [6, 6.07) is 77.9.